The van der Waals surface area contributed by atoms with Crippen molar-refractivity contribution in [3.05, 3.63) is 34.9 Å². The Labute approximate surface area is 162 Å². The fourth-order valence-corrected chi connectivity index (χ4v) is 4.68. The number of aromatic nitrogens is 2. The molecule has 4 nitrogen and oxygen atoms in total. The molecule has 1 aliphatic rings. The molecule has 0 spiro atoms. The normalized spacial score (nSPS) is 15.2. The van der Waals surface area contributed by atoms with Gasteiger partial charge in [0.2, 0.25) is 5.28 Å². The first-order valence-corrected chi connectivity index (χ1v) is 10.4. The first kappa shape index (κ1) is 17.6. The standard InChI is InChI=1S/C20H22ClN3OS/c1-2-25-15-9-7-14(8-10-15)16-13-26-19-17(16)18(22-20(21)23-19)24-11-5-3-4-6-12-24/h7-10,13H,2-6,11-12H2,1H3. The molecule has 0 unspecified atom stereocenters. The molecule has 3 aromatic rings. The minimum Gasteiger partial charge on any atom is -0.494 e. The second-order valence-corrected chi connectivity index (χ2v) is 7.70. The van der Waals surface area contributed by atoms with Gasteiger partial charge < -0.3 is 9.64 Å². The molecule has 0 saturated carbocycles. The van der Waals surface area contributed by atoms with E-state index in [-0.39, 0.29) is 0 Å². The molecule has 136 valence electrons. The first-order chi connectivity index (χ1) is 12.8. The van der Waals surface area contributed by atoms with Gasteiger partial charge in [-0.1, -0.05) is 25.0 Å². The van der Waals surface area contributed by atoms with Crippen LogP contribution in [0.3, 0.4) is 0 Å². The molecule has 1 fully saturated rings. The lowest BCUT2D eigenvalue weighted by molar-refractivity contribution is 0.340. The molecule has 1 aromatic carbocycles. The summed E-state index contributed by atoms with van der Waals surface area (Å²) in [5.41, 5.74) is 2.32. The molecule has 26 heavy (non-hydrogen) atoms. The number of thiophene rings is 1. The maximum absolute atomic E-state index is 6.24. The summed E-state index contributed by atoms with van der Waals surface area (Å²) in [7, 11) is 0. The zero-order valence-corrected chi connectivity index (χ0v) is 16.4. The van der Waals surface area contributed by atoms with E-state index in [1.165, 1.54) is 31.2 Å². The molecular formula is C20H22ClN3OS. The van der Waals surface area contributed by atoms with E-state index in [2.05, 4.69) is 32.4 Å². The summed E-state index contributed by atoms with van der Waals surface area (Å²) in [4.78, 5) is 12.4. The third kappa shape index (κ3) is 3.51. The highest BCUT2D eigenvalue weighted by molar-refractivity contribution is 7.17. The number of nitrogens with zero attached hydrogens (tertiary/aromatic N) is 3. The van der Waals surface area contributed by atoms with Crippen molar-refractivity contribution in [3.63, 3.8) is 0 Å². The molecule has 6 heteroatoms. The third-order valence-corrected chi connectivity index (χ3v) is 5.81. The van der Waals surface area contributed by atoms with Gasteiger partial charge in [0, 0.05) is 24.0 Å². The minimum absolute atomic E-state index is 0.330. The molecular weight excluding hydrogens is 366 g/mol. The molecule has 1 saturated heterocycles. The number of hydrogen-bond donors (Lipinski definition) is 0. The monoisotopic (exact) mass is 387 g/mol. The van der Waals surface area contributed by atoms with Crippen molar-refractivity contribution < 1.29 is 4.74 Å². The van der Waals surface area contributed by atoms with Gasteiger partial charge in [0.25, 0.3) is 0 Å². The smallest absolute Gasteiger partial charge is 0.225 e. The van der Waals surface area contributed by atoms with Crippen molar-refractivity contribution in [3.8, 4) is 16.9 Å². The van der Waals surface area contributed by atoms with Crippen LogP contribution in [0, 0.1) is 0 Å². The molecule has 3 heterocycles. The zero-order chi connectivity index (χ0) is 17.9. The summed E-state index contributed by atoms with van der Waals surface area (Å²) in [6.45, 7) is 4.73. The number of fused-ring (bicyclic) bond motifs is 1. The van der Waals surface area contributed by atoms with Crippen molar-refractivity contribution in [2.75, 3.05) is 24.6 Å². The maximum atomic E-state index is 6.24. The molecule has 0 bridgehead atoms. The average molecular weight is 388 g/mol. The number of anilines is 1. The topological polar surface area (TPSA) is 38.3 Å². The van der Waals surface area contributed by atoms with Gasteiger partial charge in [-0.15, -0.1) is 11.3 Å². The molecule has 0 amide bonds. The van der Waals surface area contributed by atoms with Gasteiger partial charge in [0.15, 0.2) is 0 Å². The molecule has 0 aliphatic carbocycles. The van der Waals surface area contributed by atoms with Gasteiger partial charge >= 0.3 is 0 Å². The van der Waals surface area contributed by atoms with E-state index in [0.717, 1.165) is 40.4 Å². The Morgan fingerprint density at radius 1 is 1.08 bits per heavy atom. The summed E-state index contributed by atoms with van der Waals surface area (Å²) in [6.07, 6.45) is 4.97. The van der Waals surface area contributed by atoms with Gasteiger partial charge in [0.05, 0.1) is 12.0 Å². The van der Waals surface area contributed by atoms with Crippen LogP contribution in [-0.2, 0) is 0 Å². The van der Waals surface area contributed by atoms with Crippen LogP contribution in [0.2, 0.25) is 5.28 Å². The van der Waals surface area contributed by atoms with E-state index in [0.29, 0.717) is 11.9 Å². The van der Waals surface area contributed by atoms with Crippen LogP contribution in [0.1, 0.15) is 32.6 Å². The van der Waals surface area contributed by atoms with Crippen LogP contribution in [0.25, 0.3) is 21.3 Å². The minimum atomic E-state index is 0.330. The molecule has 0 N–H and O–H groups in total. The Kier molecular flexibility index (Phi) is 5.27. The largest absolute Gasteiger partial charge is 0.494 e. The predicted molar refractivity (Wildman–Crippen MR) is 110 cm³/mol. The van der Waals surface area contributed by atoms with E-state index in [9.17, 15) is 0 Å². The third-order valence-electron chi connectivity index (χ3n) is 4.77. The average Bonchev–Trinajstić information content (AvgIpc) is 2.88. The predicted octanol–water partition coefficient (Wildman–Crippen LogP) is 5.79. The number of hydrogen-bond acceptors (Lipinski definition) is 5. The molecule has 4 rings (SSSR count). The first-order valence-electron chi connectivity index (χ1n) is 9.19. The maximum Gasteiger partial charge on any atom is 0.225 e. The molecule has 0 atom stereocenters. The van der Waals surface area contributed by atoms with Gasteiger partial charge in [-0.3, -0.25) is 0 Å². The lowest BCUT2D eigenvalue weighted by Crippen LogP contribution is -2.25. The van der Waals surface area contributed by atoms with Crippen LogP contribution in [0.4, 0.5) is 5.82 Å². The zero-order valence-electron chi connectivity index (χ0n) is 14.9. The Morgan fingerprint density at radius 2 is 1.81 bits per heavy atom. The van der Waals surface area contributed by atoms with Crippen LogP contribution in [0.5, 0.6) is 5.75 Å². The number of benzene rings is 1. The highest BCUT2D eigenvalue weighted by Crippen LogP contribution is 2.39. The SMILES string of the molecule is CCOc1ccc(-c2csc3nc(Cl)nc(N4CCCCCC4)c23)cc1. The van der Waals surface area contributed by atoms with Crippen molar-refractivity contribution in [1.29, 1.82) is 0 Å². The highest BCUT2D eigenvalue weighted by Gasteiger charge is 2.20. The van der Waals surface area contributed by atoms with Crippen molar-refractivity contribution in [2.24, 2.45) is 0 Å². The lowest BCUT2D eigenvalue weighted by atomic mass is 10.1. The summed E-state index contributed by atoms with van der Waals surface area (Å²) in [6, 6.07) is 8.25. The van der Waals surface area contributed by atoms with Gasteiger partial charge in [-0.25, -0.2) is 4.98 Å². The molecule has 0 radical (unpaired) electrons. The Hall–Kier alpha value is -1.85. The van der Waals surface area contributed by atoms with E-state index in [1.807, 2.05) is 19.1 Å². The van der Waals surface area contributed by atoms with Crippen LogP contribution < -0.4 is 9.64 Å². The summed E-state index contributed by atoms with van der Waals surface area (Å²) >= 11 is 7.86. The lowest BCUT2D eigenvalue weighted by Gasteiger charge is -2.22. The van der Waals surface area contributed by atoms with E-state index in [4.69, 9.17) is 16.3 Å². The number of halogens is 1. The van der Waals surface area contributed by atoms with Crippen molar-refractivity contribution >= 4 is 39.0 Å². The van der Waals surface area contributed by atoms with Gasteiger partial charge in [0.1, 0.15) is 16.4 Å². The summed E-state index contributed by atoms with van der Waals surface area (Å²) in [5.74, 6) is 1.87. The Morgan fingerprint density at radius 3 is 2.50 bits per heavy atom. The van der Waals surface area contributed by atoms with Gasteiger partial charge in [-0.05, 0) is 49.1 Å². The summed E-state index contributed by atoms with van der Waals surface area (Å²) in [5, 5.41) is 3.61. The number of rotatable bonds is 4. The highest BCUT2D eigenvalue weighted by atomic mass is 35.5. The second-order valence-electron chi connectivity index (χ2n) is 6.50. The van der Waals surface area contributed by atoms with E-state index in [1.54, 1.807) is 11.3 Å². The molecule has 1 aliphatic heterocycles. The fraction of sp³-hybridized carbons (Fsp3) is 0.400. The number of ether oxygens (including phenoxy) is 1. The van der Waals surface area contributed by atoms with Crippen molar-refractivity contribution in [1.82, 2.24) is 9.97 Å². The Balaban J connectivity index is 1.80. The van der Waals surface area contributed by atoms with E-state index >= 15 is 0 Å². The van der Waals surface area contributed by atoms with Crippen LogP contribution >= 0.6 is 22.9 Å². The fourth-order valence-electron chi connectivity index (χ4n) is 3.52. The Bertz CT molecular complexity index is 886. The second kappa shape index (κ2) is 7.80. The van der Waals surface area contributed by atoms with Crippen LogP contribution in [0.15, 0.2) is 29.6 Å². The van der Waals surface area contributed by atoms with E-state index < -0.39 is 0 Å². The quantitative estimate of drug-likeness (QED) is 0.531. The molecule has 2 aromatic heterocycles. The van der Waals surface area contributed by atoms with Crippen LogP contribution in [-0.4, -0.2) is 29.7 Å². The summed E-state index contributed by atoms with van der Waals surface area (Å²) < 4.78 is 5.57. The van der Waals surface area contributed by atoms with Crippen molar-refractivity contribution in [2.45, 2.75) is 32.6 Å². The van der Waals surface area contributed by atoms with Gasteiger partial charge in [-0.2, -0.15) is 4.98 Å².